The molecule has 168 valence electrons. The maximum Gasteiger partial charge on any atom is 0.303 e. The Hall–Kier alpha value is -1.06. The normalized spacial score (nSPS) is 10.4. The lowest BCUT2D eigenvalue weighted by Crippen LogP contribution is -1.93. The van der Waals surface area contributed by atoms with Crippen LogP contribution in [0.2, 0.25) is 0 Å². The summed E-state index contributed by atoms with van der Waals surface area (Å²) in [6.45, 7) is 4.41. The fraction of sp³-hybridized carbons (Fsp3) is 0.917. The van der Waals surface area contributed by atoms with E-state index in [1.54, 1.807) is 0 Å². The van der Waals surface area contributed by atoms with E-state index in [1.165, 1.54) is 89.9 Å². The number of aliphatic carboxylic acids is 2. The zero-order valence-electron chi connectivity index (χ0n) is 18.9. The zero-order chi connectivity index (χ0) is 21.3. The van der Waals surface area contributed by atoms with Gasteiger partial charge < -0.3 is 10.2 Å². The maximum atomic E-state index is 10.3. The van der Waals surface area contributed by atoms with Crippen molar-refractivity contribution in [2.24, 2.45) is 0 Å². The summed E-state index contributed by atoms with van der Waals surface area (Å²) in [7, 11) is 0. The van der Waals surface area contributed by atoms with Crippen molar-refractivity contribution in [3.63, 3.8) is 0 Å². The van der Waals surface area contributed by atoms with Gasteiger partial charge in [0.15, 0.2) is 0 Å². The van der Waals surface area contributed by atoms with Crippen LogP contribution in [-0.4, -0.2) is 22.2 Å². The molecule has 0 atom stereocenters. The van der Waals surface area contributed by atoms with Gasteiger partial charge in [-0.25, -0.2) is 0 Å². The first-order chi connectivity index (χ1) is 13.5. The molecule has 0 heterocycles. The van der Waals surface area contributed by atoms with Gasteiger partial charge in [0.25, 0.3) is 0 Å². The van der Waals surface area contributed by atoms with Gasteiger partial charge in [0.1, 0.15) is 0 Å². The number of unbranched alkanes of at least 4 members (excludes halogenated alkanes) is 16. The molecule has 0 aliphatic heterocycles. The molecule has 4 nitrogen and oxygen atoms in total. The number of carboxylic acids is 2. The van der Waals surface area contributed by atoms with E-state index in [0.29, 0.717) is 12.8 Å². The van der Waals surface area contributed by atoms with E-state index < -0.39 is 11.9 Å². The van der Waals surface area contributed by atoms with Crippen LogP contribution in [0.1, 0.15) is 142 Å². The Morgan fingerprint density at radius 3 is 0.857 bits per heavy atom. The van der Waals surface area contributed by atoms with Gasteiger partial charge in [-0.05, 0) is 12.8 Å². The lowest BCUT2D eigenvalue weighted by atomic mass is 10.0. The summed E-state index contributed by atoms with van der Waals surface area (Å²) in [4.78, 5) is 20.3. The molecule has 0 radical (unpaired) electrons. The Bertz CT molecular complexity index is 329. The molecule has 4 heteroatoms. The van der Waals surface area contributed by atoms with Gasteiger partial charge in [0, 0.05) is 12.8 Å². The highest BCUT2D eigenvalue weighted by Gasteiger charge is 1.97. The highest BCUT2D eigenvalue weighted by atomic mass is 16.4. The molecule has 0 spiro atoms. The fourth-order valence-corrected chi connectivity index (χ4v) is 3.17. The van der Waals surface area contributed by atoms with Crippen LogP contribution < -0.4 is 0 Å². The summed E-state index contributed by atoms with van der Waals surface area (Å²) in [5.74, 6) is -1.32. The number of rotatable bonds is 20. The van der Waals surface area contributed by atoms with Gasteiger partial charge >= 0.3 is 11.9 Å². The average molecular weight is 401 g/mol. The molecule has 0 saturated carbocycles. The quantitative estimate of drug-likeness (QED) is 0.203. The topological polar surface area (TPSA) is 74.6 Å². The second-order valence-corrected chi connectivity index (χ2v) is 7.94. The minimum Gasteiger partial charge on any atom is -0.481 e. The summed E-state index contributed by atoms with van der Waals surface area (Å²) in [5, 5.41) is 16.8. The van der Waals surface area contributed by atoms with Gasteiger partial charge in [0.05, 0.1) is 0 Å². The Labute approximate surface area is 174 Å². The van der Waals surface area contributed by atoms with Crippen LogP contribution in [0.15, 0.2) is 0 Å². The van der Waals surface area contributed by atoms with Crippen molar-refractivity contribution in [3.05, 3.63) is 0 Å². The Balaban J connectivity index is 0. The monoisotopic (exact) mass is 400 g/mol. The standard InChI is InChI=1S/C16H32O2.C8H16O2/c1-2-3-4-5-6-7-8-9-10-11-12-13-14-15-16(17)18;1-2-3-4-5-6-7-8(9)10/h2-15H2,1H3,(H,17,18);2-7H2,1H3,(H,9,10). The molecule has 0 aliphatic rings. The predicted molar refractivity (Wildman–Crippen MR) is 119 cm³/mol. The first-order valence-corrected chi connectivity index (χ1v) is 12.0. The molecule has 0 aromatic carbocycles. The van der Waals surface area contributed by atoms with E-state index in [1.807, 2.05) is 0 Å². The van der Waals surface area contributed by atoms with Crippen LogP contribution >= 0.6 is 0 Å². The van der Waals surface area contributed by atoms with E-state index in [-0.39, 0.29) is 0 Å². The third-order valence-electron chi connectivity index (χ3n) is 4.99. The third kappa shape index (κ3) is 32.6. The molecule has 0 fully saturated rings. The summed E-state index contributed by atoms with van der Waals surface area (Å²) >= 11 is 0. The van der Waals surface area contributed by atoms with E-state index >= 15 is 0 Å². The largest absolute Gasteiger partial charge is 0.481 e. The summed E-state index contributed by atoms with van der Waals surface area (Å²) in [6, 6.07) is 0. The van der Waals surface area contributed by atoms with Crippen molar-refractivity contribution in [2.45, 2.75) is 142 Å². The highest BCUT2D eigenvalue weighted by molar-refractivity contribution is 5.66. The van der Waals surface area contributed by atoms with Crippen LogP contribution in [0, 0.1) is 0 Å². The van der Waals surface area contributed by atoms with Crippen LogP contribution in [0.5, 0.6) is 0 Å². The van der Waals surface area contributed by atoms with Crippen molar-refractivity contribution in [2.75, 3.05) is 0 Å². The molecule has 0 rings (SSSR count). The first-order valence-electron chi connectivity index (χ1n) is 12.0. The summed E-state index contributed by atoms with van der Waals surface area (Å²) < 4.78 is 0. The van der Waals surface area contributed by atoms with Crippen LogP contribution in [-0.2, 0) is 9.59 Å². The predicted octanol–water partition coefficient (Wildman–Crippen LogP) is 7.98. The van der Waals surface area contributed by atoms with Gasteiger partial charge in [0.2, 0.25) is 0 Å². The molecule has 28 heavy (non-hydrogen) atoms. The smallest absolute Gasteiger partial charge is 0.303 e. The van der Waals surface area contributed by atoms with E-state index in [4.69, 9.17) is 10.2 Å². The molecule has 2 N–H and O–H groups in total. The highest BCUT2D eigenvalue weighted by Crippen LogP contribution is 2.12. The average Bonchev–Trinajstić information content (AvgIpc) is 2.65. The Morgan fingerprint density at radius 2 is 0.643 bits per heavy atom. The van der Waals surface area contributed by atoms with Crippen molar-refractivity contribution < 1.29 is 19.8 Å². The molecule has 0 unspecified atom stereocenters. The molecule has 0 saturated heterocycles. The van der Waals surface area contributed by atoms with Crippen molar-refractivity contribution in [1.82, 2.24) is 0 Å². The second-order valence-electron chi connectivity index (χ2n) is 7.94. The third-order valence-corrected chi connectivity index (χ3v) is 4.99. The molecule has 0 aromatic heterocycles. The van der Waals surface area contributed by atoms with Crippen molar-refractivity contribution in [3.8, 4) is 0 Å². The van der Waals surface area contributed by atoms with Crippen LogP contribution in [0.25, 0.3) is 0 Å². The lowest BCUT2D eigenvalue weighted by molar-refractivity contribution is -0.138. The van der Waals surface area contributed by atoms with Crippen LogP contribution in [0.4, 0.5) is 0 Å². The summed E-state index contributed by atoms with van der Waals surface area (Å²) in [6.07, 6.45) is 23.2. The molecular formula is C24H48O4. The Morgan fingerprint density at radius 1 is 0.429 bits per heavy atom. The minimum absolute atomic E-state index is 0.337. The van der Waals surface area contributed by atoms with E-state index in [9.17, 15) is 9.59 Å². The fourth-order valence-electron chi connectivity index (χ4n) is 3.17. The maximum absolute atomic E-state index is 10.3. The first kappa shape index (κ1) is 29.1. The second kappa shape index (κ2) is 25.9. The van der Waals surface area contributed by atoms with Gasteiger partial charge in [-0.2, -0.15) is 0 Å². The number of hydrogen-bond acceptors (Lipinski definition) is 2. The SMILES string of the molecule is CCCCCCCC(=O)O.CCCCCCCCCCCCCCCC(=O)O. The molecule has 0 bridgehead atoms. The van der Waals surface area contributed by atoms with Gasteiger partial charge in [-0.15, -0.1) is 0 Å². The molecule has 0 aliphatic carbocycles. The van der Waals surface area contributed by atoms with Crippen molar-refractivity contribution >= 4 is 11.9 Å². The van der Waals surface area contributed by atoms with E-state index in [2.05, 4.69) is 13.8 Å². The molecular weight excluding hydrogens is 352 g/mol. The molecule has 0 aromatic rings. The number of carboxylic acid groups (broad SMARTS) is 2. The number of hydrogen-bond donors (Lipinski definition) is 2. The molecule has 0 amide bonds. The van der Waals surface area contributed by atoms with Gasteiger partial charge in [-0.1, -0.05) is 117 Å². The van der Waals surface area contributed by atoms with Gasteiger partial charge in [-0.3, -0.25) is 9.59 Å². The van der Waals surface area contributed by atoms with Crippen LogP contribution in [0.3, 0.4) is 0 Å². The van der Waals surface area contributed by atoms with E-state index in [0.717, 1.165) is 25.7 Å². The number of carbonyl (C=O) groups is 2. The minimum atomic E-state index is -0.670. The Kier molecular flexibility index (Phi) is 27.0. The van der Waals surface area contributed by atoms with Crippen molar-refractivity contribution in [1.29, 1.82) is 0 Å². The lowest BCUT2D eigenvalue weighted by Gasteiger charge is -2.02. The zero-order valence-corrected chi connectivity index (χ0v) is 18.9. The summed E-state index contributed by atoms with van der Waals surface area (Å²) in [5.41, 5.74) is 0.